The van der Waals surface area contributed by atoms with Gasteiger partial charge in [-0.3, -0.25) is 5.01 Å². The molecule has 4 bridgehead atoms. The molecule has 0 radical (unpaired) electrons. The van der Waals surface area contributed by atoms with Gasteiger partial charge in [0.05, 0.1) is 17.4 Å². The van der Waals surface area contributed by atoms with E-state index in [9.17, 15) is 0 Å². The summed E-state index contributed by atoms with van der Waals surface area (Å²) in [6.45, 7) is 0. The van der Waals surface area contributed by atoms with Crippen LogP contribution in [0.4, 0.5) is 5.69 Å². The van der Waals surface area contributed by atoms with Gasteiger partial charge in [0.25, 0.3) is 0 Å². The number of hydrazone groups is 1. The van der Waals surface area contributed by atoms with Crippen molar-refractivity contribution < 1.29 is 0 Å². The zero-order chi connectivity index (χ0) is 20.0. The van der Waals surface area contributed by atoms with Crippen molar-refractivity contribution >= 4 is 34.6 Å². The van der Waals surface area contributed by atoms with E-state index >= 15 is 0 Å². The van der Waals surface area contributed by atoms with Crippen molar-refractivity contribution in [3.63, 3.8) is 0 Å². The minimum absolute atomic E-state index is 0.468. The summed E-state index contributed by atoms with van der Waals surface area (Å²) in [4.78, 5) is 0. The molecule has 8 atom stereocenters. The molecule has 2 aromatic rings. The van der Waals surface area contributed by atoms with E-state index in [1.54, 1.807) is 0 Å². The number of allylic oxidation sites excluding steroid dienone is 2. The number of hydrogen-bond acceptors (Lipinski definition) is 2. The molecule has 2 unspecified atom stereocenters. The van der Waals surface area contributed by atoms with Crippen molar-refractivity contribution in [3.05, 3.63) is 76.3 Å². The maximum Gasteiger partial charge on any atom is 0.0737 e. The lowest BCUT2D eigenvalue weighted by atomic mass is 9.54. The normalized spacial score (nSPS) is 39.9. The summed E-state index contributed by atoms with van der Waals surface area (Å²) < 4.78 is 0. The van der Waals surface area contributed by atoms with Crippen LogP contribution in [0.5, 0.6) is 0 Å². The molecule has 3 saturated carbocycles. The van der Waals surface area contributed by atoms with Crippen LogP contribution in [0.15, 0.2) is 65.8 Å². The first kappa shape index (κ1) is 17.9. The van der Waals surface area contributed by atoms with E-state index in [1.165, 1.54) is 36.2 Å². The lowest BCUT2D eigenvalue weighted by Gasteiger charge is -2.51. The van der Waals surface area contributed by atoms with E-state index in [4.69, 9.17) is 28.3 Å². The van der Waals surface area contributed by atoms with Gasteiger partial charge in [0.15, 0.2) is 0 Å². The largest absolute Gasteiger partial charge is 0.261 e. The third kappa shape index (κ3) is 2.35. The van der Waals surface area contributed by atoms with E-state index in [-0.39, 0.29) is 0 Å². The molecule has 1 heterocycles. The Morgan fingerprint density at radius 1 is 0.767 bits per heavy atom. The molecule has 6 aliphatic rings. The zero-order valence-corrected chi connectivity index (χ0v) is 18.2. The van der Waals surface area contributed by atoms with Crippen LogP contribution in [0.25, 0.3) is 0 Å². The summed E-state index contributed by atoms with van der Waals surface area (Å²) in [5, 5.41) is 9.19. The highest BCUT2D eigenvalue weighted by Gasteiger charge is 2.66. The van der Waals surface area contributed by atoms with Crippen molar-refractivity contribution in [1.29, 1.82) is 0 Å². The van der Waals surface area contributed by atoms with Gasteiger partial charge in [0.2, 0.25) is 0 Å². The van der Waals surface area contributed by atoms with Crippen molar-refractivity contribution in [1.82, 2.24) is 0 Å². The van der Waals surface area contributed by atoms with Crippen LogP contribution in [0, 0.1) is 41.4 Å². The van der Waals surface area contributed by atoms with E-state index in [0.29, 0.717) is 12.0 Å². The minimum Gasteiger partial charge on any atom is -0.261 e. The molecule has 0 spiro atoms. The first-order valence-corrected chi connectivity index (χ1v) is 12.0. The average molecular weight is 435 g/mol. The number of nitrogens with zero attached hydrogens (tertiary/aromatic N) is 2. The highest BCUT2D eigenvalue weighted by Crippen LogP contribution is 2.67. The molecule has 0 amide bonds. The molecule has 5 aliphatic carbocycles. The molecule has 8 rings (SSSR count). The van der Waals surface area contributed by atoms with Crippen molar-refractivity contribution in [2.24, 2.45) is 46.5 Å². The Morgan fingerprint density at radius 3 is 2.00 bits per heavy atom. The van der Waals surface area contributed by atoms with Crippen LogP contribution < -0.4 is 5.01 Å². The topological polar surface area (TPSA) is 15.6 Å². The van der Waals surface area contributed by atoms with Gasteiger partial charge in [-0.2, -0.15) is 5.10 Å². The number of rotatable bonds is 2. The first-order valence-electron chi connectivity index (χ1n) is 11.3. The second-order valence-electron chi connectivity index (χ2n) is 9.84. The smallest absolute Gasteiger partial charge is 0.0737 e. The summed E-state index contributed by atoms with van der Waals surface area (Å²) in [6.07, 6.45) is 9.23. The van der Waals surface area contributed by atoms with Crippen molar-refractivity contribution in [2.45, 2.75) is 25.3 Å². The van der Waals surface area contributed by atoms with Crippen LogP contribution in [0.2, 0.25) is 10.0 Å². The lowest BCUT2D eigenvalue weighted by Crippen LogP contribution is -2.51. The molecule has 1 aliphatic heterocycles. The molecule has 2 aromatic carbocycles. The number of benzene rings is 2. The molecule has 30 heavy (non-hydrogen) atoms. The summed E-state index contributed by atoms with van der Waals surface area (Å²) in [6, 6.07) is 17.0. The second-order valence-corrected chi connectivity index (χ2v) is 10.7. The predicted octanol–water partition coefficient (Wildman–Crippen LogP) is 6.68. The van der Waals surface area contributed by atoms with E-state index < -0.39 is 0 Å². The van der Waals surface area contributed by atoms with Crippen LogP contribution >= 0.6 is 23.2 Å². The SMILES string of the molecule is Clc1ccc(C2=NN(c3ccc(Cl)cc3)[C@H]3[C@@H]2[C@H]2C[C@@H]3C3C2[C@@H]2C=C[C@H]3CC2)cc1. The summed E-state index contributed by atoms with van der Waals surface area (Å²) in [5.41, 5.74) is 3.66. The minimum atomic E-state index is 0.468. The zero-order valence-electron chi connectivity index (χ0n) is 16.7. The van der Waals surface area contributed by atoms with Crippen LogP contribution in [0.1, 0.15) is 24.8 Å². The maximum atomic E-state index is 6.20. The van der Waals surface area contributed by atoms with Crippen LogP contribution in [-0.2, 0) is 0 Å². The quantitative estimate of drug-likeness (QED) is 0.481. The Labute approximate surface area is 187 Å². The summed E-state index contributed by atoms with van der Waals surface area (Å²) >= 11 is 12.4. The fourth-order valence-corrected chi connectivity index (χ4v) is 8.08. The lowest BCUT2D eigenvalue weighted by molar-refractivity contribution is 0.0472. The van der Waals surface area contributed by atoms with Gasteiger partial charge in [-0.25, -0.2) is 0 Å². The Kier molecular flexibility index (Phi) is 3.79. The standard InChI is InChI=1S/C26H24Cl2N2/c27-17-7-5-16(6-8-17)25-24-20-13-21(23-15-3-1-14(2-4-15)22(20)23)26(24)30(29-25)19-11-9-18(28)10-12-19/h1,3,5-12,14-15,20-24,26H,2,4,13H2/t14-,15+,20+,21-,22?,23?,24-,26-/m1/s1. The fourth-order valence-electron chi connectivity index (χ4n) is 7.82. The van der Waals surface area contributed by atoms with Crippen LogP contribution in [0.3, 0.4) is 0 Å². The highest BCUT2D eigenvalue weighted by atomic mass is 35.5. The van der Waals surface area contributed by atoms with Crippen LogP contribution in [-0.4, -0.2) is 11.8 Å². The number of hydrogen-bond donors (Lipinski definition) is 0. The number of fused-ring (bicyclic) bond motifs is 6. The Balaban J connectivity index is 1.35. The molecule has 0 aromatic heterocycles. The average Bonchev–Trinajstić information content (AvgIpc) is 3.47. The predicted molar refractivity (Wildman–Crippen MR) is 123 cm³/mol. The van der Waals surface area contributed by atoms with E-state index in [2.05, 4.69) is 41.4 Å². The molecular weight excluding hydrogens is 411 g/mol. The second kappa shape index (κ2) is 6.37. The van der Waals surface area contributed by atoms with Gasteiger partial charge >= 0.3 is 0 Å². The molecule has 152 valence electrons. The third-order valence-corrected chi connectivity index (χ3v) is 9.22. The van der Waals surface area contributed by atoms with Gasteiger partial charge < -0.3 is 0 Å². The molecular formula is C26H24Cl2N2. The Bertz CT molecular complexity index is 1060. The third-order valence-electron chi connectivity index (χ3n) is 8.72. The Morgan fingerprint density at radius 2 is 1.37 bits per heavy atom. The molecule has 4 heteroatoms. The Hall–Kier alpha value is -1.77. The molecule has 3 fully saturated rings. The first-order chi connectivity index (χ1) is 14.7. The number of halogens is 2. The van der Waals surface area contributed by atoms with Crippen molar-refractivity contribution in [3.8, 4) is 0 Å². The van der Waals surface area contributed by atoms with Gasteiger partial charge in [0, 0.05) is 16.0 Å². The summed E-state index contributed by atoms with van der Waals surface area (Å²) in [5.74, 6) is 5.24. The van der Waals surface area contributed by atoms with Gasteiger partial charge in [-0.15, -0.1) is 0 Å². The molecule has 0 saturated heterocycles. The highest BCUT2D eigenvalue weighted by molar-refractivity contribution is 6.31. The summed E-state index contributed by atoms with van der Waals surface area (Å²) in [7, 11) is 0. The van der Waals surface area contributed by atoms with Crippen molar-refractivity contribution in [2.75, 3.05) is 5.01 Å². The van der Waals surface area contributed by atoms with Gasteiger partial charge in [-0.1, -0.05) is 47.5 Å². The maximum absolute atomic E-state index is 6.20. The van der Waals surface area contributed by atoms with E-state index in [0.717, 1.165) is 45.6 Å². The fraction of sp³-hybridized carbons (Fsp3) is 0.423. The van der Waals surface area contributed by atoms with Gasteiger partial charge in [-0.05, 0) is 96.7 Å². The monoisotopic (exact) mass is 434 g/mol. The van der Waals surface area contributed by atoms with Gasteiger partial charge in [0.1, 0.15) is 0 Å². The number of anilines is 1. The molecule has 0 N–H and O–H groups in total. The molecule has 2 nitrogen and oxygen atoms in total. The van der Waals surface area contributed by atoms with E-state index in [1.807, 2.05) is 24.3 Å².